The Morgan fingerprint density at radius 2 is 2.00 bits per heavy atom. The van der Waals surface area contributed by atoms with Gasteiger partial charge in [0.05, 0.1) is 4.47 Å². The minimum absolute atomic E-state index is 0.171. The van der Waals surface area contributed by atoms with Crippen molar-refractivity contribution in [1.82, 2.24) is 4.98 Å². The van der Waals surface area contributed by atoms with E-state index in [-0.39, 0.29) is 5.82 Å². The summed E-state index contributed by atoms with van der Waals surface area (Å²) in [5, 5.41) is 1.06. The Kier molecular flexibility index (Phi) is 2.09. The molecule has 1 nitrogen and oxygen atoms in total. The number of aryl methyl sites for hydroxylation is 2. The first-order valence-corrected chi connectivity index (χ1v) is 6.03. The maximum absolute atomic E-state index is 13.4. The molecule has 0 unspecified atom stereocenters. The van der Waals surface area contributed by atoms with Gasteiger partial charge in [-0.1, -0.05) is 0 Å². The van der Waals surface area contributed by atoms with Gasteiger partial charge in [-0.25, -0.2) is 4.39 Å². The number of rotatable bonds is 0. The average molecular weight is 268 g/mol. The van der Waals surface area contributed by atoms with Crippen molar-refractivity contribution < 1.29 is 4.39 Å². The second-order valence-corrected chi connectivity index (χ2v) is 4.96. The normalized spacial score (nSPS) is 15.6. The molecule has 1 aliphatic carbocycles. The highest BCUT2D eigenvalue weighted by Gasteiger charge is 2.16. The Hall–Kier alpha value is -0.830. The second kappa shape index (κ2) is 3.34. The minimum Gasteiger partial charge on any atom is -0.358 e. The summed E-state index contributed by atoms with van der Waals surface area (Å²) in [7, 11) is 0. The first kappa shape index (κ1) is 9.40. The Morgan fingerprint density at radius 1 is 1.20 bits per heavy atom. The van der Waals surface area contributed by atoms with E-state index in [0.717, 1.165) is 23.7 Å². The van der Waals surface area contributed by atoms with Crippen LogP contribution in [0, 0.1) is 5.82 Å². The number of hydrogen-bond acceptors (Lipinski definition) is 0. The van der Waals surface area contributed by atoms with Crippen molar-refractivity contribution in [2.75, 3.05) is 0 Å². The van der Waals surface area contributed by atoms with E-state index in [9.17, 15) is 4.39 Å². The molecule has 0 amide bonds. The molecule has 2 aromatic rings. The SMILES string of the molecule is Fc1cc2c3c([nH]c2cc1Br)CCCC3. The lowest BCUT2D eigenvalue weighted by Crippen LogP contribution is -1.99. The van der Waals surface area contributed by atoms with Gasteiger partial charge in [-0.3, -0.25) is 0 Å². The van der Waals surface area contributed by atoms with Crippen molar-refractivity contribution in [3.8, 4) is 0 Å². The third-order valence-electron chi connectivity index (χ3n) is 3.14. The molecular weight excluding hydrogens is 257 g/mol. The molecule has 1 aromatic carbocycles. The third kappa shape index (κ3) is 1.41. The van der Waals surface area contributed by atoms with E-state index in [1.165, 1.54) is 24.1 Å². The maximum atomic E-state index is 13.4. The number of aromatic nitrogens is 1. The van der Waals surface area contributed by atoms with Crippen LogP contribution in [-0.4, -0.2) is 4.98 Å². The third-order valence-corrected chi connectivity index (χ3v) is 3.75. The van der Waals surface area contributed by atoms with E-state index in [1.54, 1.807) is 6.07 Å². The molecular formula is C12H11BrFN. The van der Waals surface area contributed by atoms with Gasteiger partial charge in [0.1, 0.15) is 5.82 Å². The number of halogens is 2. The fourth-order valence-corrected chi connectivity index (χ4v) is 2.75. The van der Waals surface area contributed by atoms with Crippen LogP contribution >= 0.6 is 15.9 Å². The van der Waals surface area contributed by atoms with Crippen molar-refractivity contribution >= 4 is 26.8 Å². The smallest absolute Gasteiger partial charge is 0.138 e. The predicted octanol–water partition coefficient (Wildman–Crippen LogP) is 3.95. The van der Waals surface area contributed by atoms with Gasteiger partial charge in [-0.2, -0.15) is 0 Å². The monoisotopic (exact) mass is 267 g/mol. The van der Waals surface area contributed by atoms with Gasteiger partial charge in [0.2, 0.25) is 0 Å². The van der Waals surface area contributed by atoms with Gasteiger partial charge in [0, 0.05) is 16.6 Å². The molecule has 0 radical (unpaired) electrons. The van der Waals surface area contributed by atoms with Crippen LogP contribution < -0.4 is 0 Å². The maximum Gasteiger partial charge on any atom is 0.138 e. The van der Waals surface area contributed by atoms with E-state index in [4.69, 9.17) is 0 Å². The Bertz CT molecular complexity index is 530. The summed E-state index contributed by atoms with van der Waals surface area (Å²) in [6, 6.07) is 3.48. The molecule has 3 rings (SSSR count). The van der Waals surface area contributed by atoms with Crippen LogP contribution in [0.3, 0.4) is 0 Å². The van der Waals surface area contributed by atoms with Crippen molar-refractivity contribution in [3.63, 3.8) is 0 Å². The van der Waals surface area contributed by atoms with E-state index in [2.05, 4.69) is 20.9 Å². The quantitative estimate of drug-likeness (QED) is 0.744. The fourth-order valence-electron chi connectivity index (χ4n) is 2.40. The Labute approximate surface area is 95.8 Å². The summed E-state index contributed by atoms with van der Waals surface area (Å²) >= 11 is 3.21. The largest absolute Gasteiger partial charge is 0.358 e. The zero-order valence-corrected chi connectivity index (χ0v) is 9.83. The molecule has 3 heteroatoms. The van der Waals surface area contributed by atoms with Crippen LogP contribution in [-0.2, 0) is 12.8 Å². The summed E-state index contributed by atoms with van der Waals surface area (Å²) in [6.07, 6.45) is 4.64. The molecule has 0 aliphatic heterocycles. The zero-order chi connectivity index (χ0) is 10.4. The lowest BCUT2D eigenvalue weighted by Gasteiger charge is -2.10. The first-order chi connectivity index (χ1) is 7.25. The highest BCUT2D eigenvalue weighted by molar-refractivity contribution is 9.10. The molecule has 1 aromatic heterocycles. The topological polar surface area (TPSA) is 15.8 Å². The van der Waals surface area contributed by atoms with E-state index >= 15 is 0 Å². The second-order valence-electron chi connectivity index (χ2n) is 4.10. The molecule has 0 atom stereocenters. The molecule has 0 saturated heterocycles. The molecule has 0 fully saturated rings. The standard InChI is InChI=1S/C12H11BrFN/c13-9-6-12-8(5-10(9)14)7-3-1-2-4-11(7)15-12/h5-6,15H,1-4H2. The molecule has 1 N–H and O–H groups in total. The molecule has 78 valence electrons. The average Bonchev–Trinajstić information content (AvgIpc) is 2.57. The number of nitrogens with one attached hydrogen (secondary N) is 1. The van der Waals surface area contributed by atoms with Crippen LogP contribution in [0.2, 0.25) is 0 Å². The van der Waals surface area contributed by atoms with Gasteiger partial charge >= 0.3 is 0 Å². The fraction of sp³-hybridized carbons (Fsp3) is 0.333. The van der Waals surface area contributed by atoms with Crippen molar-refractivity contribution in [3.05, 3.63) is 33.7 Å². The molecule has 0 saturated carbocycles. The zero-order valence-electron chi connectivity index (χ0n) is 8.24. The summed E-state index contributed by atoms with van der Waals surface area (Å²) in [6.45, 7) is 0. The predicted molar refractivity (Wildman–Crippen MR) is 62.6 cm³/mol. The van der Waals surface area contributed by atoms with Crippen LogP contribution in [0.4, 0.5) is 4.39 Å². The summed E-state index contributed by atoms with van der Waals surface area (Å²) in [5.74, 6) is -0.171. The van der Waals surface area contributed by atoms with Crippen molar-refractivity contribution in [2.45, 2.75) is 25.7 Å². The number of benzene rings is 1. The number of fused-ring (bicyclic) bond motifs is 3. The Morgan fingerprint density at radius 3 is 2.87 bits per heavy atom. The molecule has 1 aliphatic rings. The highest BCUT2D eigenvalue weighted by atomic mass is 79.9. The van der Waals surface area contributed by atoms with Crippen molar-refractivity contribution in [2.24, 2.45) is 0 Å². The van der Waals surface area contributed by atoms with Crippen LogP contribution in [0.5, 0.6) is 0 Å². The van der Waals surface area contributed by atoms with Crippen LogP contribution in [0.15, 0.2) is 16.6 Å². The number of H-pyrrole nitrogens is 1. The Balaban J connectivity index is 2.33. The molecule has 0 spiro atoms. The summed E-state index contributed by atoms with van der Waals surface area (Å²) in [4.78, 5) is 3.39. The summed E-state index contributed by atoms with van der Waals surface area (Å²) < 4.78 is 14.0. The molecule has 0 bridgehead atoms. The summed E-state index contributed by atoms with van der Waals surface area (Å²) in [5.41, 5.74) is 3.67. The van der Waals surface area contributed by atoms with E-state index < -0.39 is 0 Å². The number of aromatic amines is 1. The lowest BCUT2D eigenvalue weighted by atomic mass is 9.96. The van der Waals surface area contributed by atoms with E-state index in [1.807, 2.05) is 6.07 Å². The first-order valence-electron chi connectivity index (χ1n) is 5.24. The van der Waals surface area contributed by atoms with Gasteiger partial charge in [0.25, 0.3) is 0 Å². The van der Waals surface area contributed by atoms with Crippen LogP contribution in [0.25, 0.3) is 10.9 Å². The molecule has 1 heterocycles. The van der Waals surface area contributed by atoms with E-state index in [0.29, 0.717) is 4.47 Å². The van der Waals surface area contributed by atoms with Gasteiger partial charge < -0.3 is 4.98 Å². The minimum atomic E-state index is -0.171. The van der Waals surface area contributed by atoms with Gasteiger partial charge in [-0.05, 0) is 59.3 Å². The highest BCUT2D eigenvalue weighted by Crippen LogP contribution is 2.31. The molecule has 15 heavy (non-hydrogen) atoms. The number of hydrogen-bond donors (Lipinski definition) is 1. The van der Waals surface area contributed by atoms with Gasteiger partial charge in [0.15, 0.2) is 0 Å². The van der Waals surface area contributed by atoms with Crippen molar-refractivity contribution in [1.29, 1.82) is 0 Å². The van der Waals surface area contributed by atoms with Gasteiger partial charge in [-0.15, -0.1) is 0 Å². The van der Waals surface area contributed by atoms with Crippen LogP contribution in [0.1, 0.15) is 24.1 Å². The lowest BCUT2D eigenvalue weighted by molar-refractivity contribution is 0.623.